The maximum absolute atomic E-state index is 5.96. The summed E-state index contributed by atoms with van der Waals surface area (Å²) in [5, 5.41) is 9.55. The lowest BCUT2D eigenvalue weighted by atomic mass is 9.88. The molecule has 5 heteroatoms. The SMILES string of the molecule is CC1OC(C)C(c2nnc(CBr)n2C(C)(C)C)C1C. The summed E-state index contributed by atoms with van der Waals surface area (Å²) in [4.78, 5) is 0. The second kappa shape index (κ2) is 5.17. The van der Waals surface area contributed by atoms with E-state index in [1.54, 1.807) is 0 Å². The van der Waals surface area contributed by atoms with Crippen molar-refractivity contribution in [3.05, 3.63) is 11.6 Å². The Labute approximate surface area is 124 Å². The van der Waals surface area contributed by atoms with Gasteiger partial charge in [-0.15, -0.1) is 10.2 Å². The Kier molecular flexibility index (Phi) is 4.07. The van der Waals surface area contributed by atoms with Crippen LogP contribution >= 0.6 is 15.9 Å². The molecule has 0 N–H and O–H groups in total. The van der Waals surface area contributed by atoms with Gasteiger partial charge in [-0.05, 0) is 40.5 Å². The molecule has 1 aromatic heterocycles. The van der Waals surface area contributed by atoms with Gasteiger partial charge in [-0.25, -0.2) is 0 Å². The van der Waals surface area contributed by atoms with Crippen LogP contribution in [0, 0.1) is 5.92 Å². The number of nitrogens with zero attached hydrogens (tertiary/aromatic N) is 3. The predicted molar refractivity (Wildman–Crippen MR) is 79.6 cm³/mol. The molecule has 0 spiro atoms. The number of ether oxygens (including phenoxy) is 1. The highest BCUT2D eigenvalue weighted by Gasteiger charge is 2.42. The second-order valence-electron chi connectivity index (χ2n) is 6.55. The molecule has 4 atom stereocenters. The van der Waals surface area contributed by atoms with Crippen molar-refractivity contribution < 1.29 is 4.74 Å². The molecule has 108 valence electrons. The van der Waals surface area contributed by atoms with E-state index < -0.39 is 0 Å². The third kappa shape index (κ3) is 2.59. The molecule has 1 aromatic rings. The number of alkyl halides is 1. The highest BCUT2D eigenvalue weighted by Crippen LogP contribution is 2.40. The Morgan fingerprint density at radius 3 is 2.21 bits per heavy atom. The van der Waals surface area contributed by atoms with Gasteiger partial charge in [-0.3, -0.25) is 0 Å². The van der Waals surface area contributed by atoms with Crippen LogP contribution in [-0.4, -0.2) is 27.0 Å². The summed E-state index contributed by atoms with van der Waals surface area (Å²) in [6.45, 7) is 13.1. The highest BCUT2D eigenvalue weighted by atomic mass is 79.9. The zero-order chi connectivity index (χ0) is 14.4. The van der Waals surface area contributed by atoms with Gasteiger partial charge in [-0.1, -0.05) is 22.9 Å². The van der Waals surface area contributed by atoms with Crippen LogP contribution in [0.25, 0.3) is 0 Å². The van der Waals surface area contributed by atoms with Crippen LogP contribution in [0.1, 0.15) is 59.1 Å². The third-order valence-corrected chi connectivity index (χ3v) is 4.59. The molecular weight excluding hydrogens is 306 g/mol. The lowest BCUT2D eigenvalue weighted by Crippen LogP contribution is -2.30. The first kappa shape index (κ1) is 15.0. The van der Waals surface area contributed by atoms with Crippen LogP contribution < -0.4 is 0 Å². The van der Waals surface area contributed by atoms with Crippen LogP contribution in [0.15, 0.2) is 0 Å². The molecule has 0 aliphatic carbocycles. The number of rotatable bonds is 2. The van der Waals surface area contributed by atoms with Gasteiger partial charge in [0.15, 0.2) is 0 Å². The average molecular weight is 330 g/mol. The van der Waals surface area contributed by atoms with E-state index in [-0.39, 0.29) is 17.7 Å². The van der Waals surface area contributed by atoms with Crippen LogP contribution in [0.5, 0.6) is 0 Å². The van der Waals surface area contributed by atoms with Gasteiger partial charge in [0, 0.05) is 5.54 Å². The van der Waals surface area contributed by atoms with E-state index in [4.69, 9.17) is 4.74 Å². The van der Waals surface area contributed by atoms with E-state index in [1.165, 1.54) is 0 Å². The maximum atomic E-state index is 5.96. The third-order valence-electron chi connectivity index (χ3n) is 4.09. The molecule has 2 rings (SSSR count). The fourth-order valence-electron chi connectivity index (χ4n) is 3.08. The van der Waals surface area contributed by atoms with Crippen molar-refractivity contribution in [2.75, 3.05) is 0 Å². The molecule has 0 saturated carbocycles. The molecule has 1 aliphatic heterocycles. The Morgan fingerprint density at radius 1 is 1.16 bits per heavy atom. The van der Waals surface area contributed by atoms with E-state index in [9.17, 15) is 0 Å². The first-order valence-corrected chi connectivity index (χ1v) is 8.05. The largest absolute Gasteiger partial charge is 0.374 e. The number of hydrogen-bond donors (Lipinski definition) is 0. The first-order valence-electron chi connectivity index (χ1n) is 6.93. The summed E-state index contributed by atoms with van der Waals surface area (Å²) >= 11 is 3.51. The normalized spacial score (nSPS) is 31.9. The monoisotopic (exact) mass is 329 g/mol. The van der Waals surface area contributed by atoms with Gasteiger partial charge >= 0.3 is 0 Å². The van der Waals surface area contributed by atoms with E-state index in [0.717, 1.165) is 17.0 Å². The summed E-state index contributed by atoms with van der Waals surface area (Å²) < 4.78 is 8.22. The molecule has 0 radical (unpaired) electrons. The first-order chi connectivity index (χ1) is 8.77. The zero-order valence-electron chi connectivity index (χ0n) is 12.6. The molecule has 1 saturated heterocycles. The highest BCUT2D eigenvalue weighted by molar-refractivity contribution is 9.08. The molecule has 4 unspecified atom stereocenters. The summed E-state index contributed by atoms with van der Waals surface area (Å²) in [6, 6.07) is 0. The van der Waals surface area contributed by atoms with Crippen molar-refractivity contribution in [3.63, 3.8) is 0 Å². The van der Waals surface area contributed by atoms with Gasteiger partial charge in [0.2, 0.25) is 0 Å². The molecule has 0 amide bonds. The van der Waals surface area contributed by atoms with E-state index in [2.05, 4.69) is 72.2 Å². The fourth-order valence-corrected chi connectivity index (χ4v) is 3.44. The van der Waals surface area contributed by atoms with Crippen molar-refractivity contribution in [2.24, 2.45) is 5.92 Å². The van der Waals surface area contributed by atoms with Crippen molar-refractivity contribution in [2.45, 2.75) is 70.5 Å². The molecular formula is C14H24BrN3O. The van der Waals surface area contributed by atoms with Gasteiger partial charge in [0.05, 0.1) is 23.5 Å². The Morgan fingerprint density at radius 2 is 1.79 bits per heavy atom. The average Bonchev–Trinajstić information content (AvgIpc) is 2.81. The van der Waals surface area contributed by atoms with Crippen molar-refractivity contribution >= 4 is 15.9 Å². The van der Waals surface area contributed by atoms with Crippen molar-refractivity contribution in [3.8, 4) is 0 Å². The number of halogens is 1. The number of hydrogen-bond acceptors (Lipinski definition) is 3. The smallest absolute Gasteiger partial charge is 0.144 e. The van der Waals surface area contributed by atoms with Crippen LogP contribution in [0.3, 0.4) is 0 Å². The molecule has 4 nitrogen and oxygen atoms in total. The minimum Gasteiger partial charge on any atom is -0.374 e. The summed E-state index contributed by atoms with van der Waals surface area (Å²) in [5.41, 5.74) is -0.0206. The van der Waals surface area contributed by atoms with E-state index >= 15 is 0 Å². The van der Waals surface area contributed by atoms with Gasteiger partial charge in [-0.2, -0.15) is 0 Å². The lowest BCUT2D eigenvalue weighted by Gasteiger charge is -2.28. The molecule has 1 fully saturated rings. The minimum atomic E-state index is -0.0206. The van der Waals surface area contributed by atoms with E-state index in [0.29, 0.717) is 11.8 Å². The second-order valence-corrected chi connectivity index (χ2v) is 7.11. The van der Waals surface area contributed by atoms with Crippen LogP contribution in [0.2, 0.25) is 0 Å². The maximum Gasteiger partial charge on any atom is 0.144 e. The van der Waals surface area contributed by atoms with Crippen LogP contribution in [0.4, 0.5) is 0 Å². The summed E-state index contributed by atoms with van der Waals surface area (Å²) in [6.07, 6.45) is 0.469. The summed E-state index contributed by atoms with van der Waals surface area (Å²) in [5.74, 6) is 2.82. The standard InChI is InChI=1S/C14H24BrN3O/c1-8-9(2)19-10(3)12(8)13-17-16-11(7-15)18(13)14(4,5)6/h8-10,12H,7H2,1-6H3. The molecule has 0 bridgehead atoms. The Bertz CT molecular complexity index is 452. The quantitative estimate of drug-likeness (QED) is 0.780. The topological polar surface area (TPSA) is 39.9 Å². The van der Waals surface area contributed by atoms with Gasteiger partial charge in [0.25, 0.3) is 0 Å². The number of aromatic nitrogens is 3. The van der Waals surface area contributed by atoms with Crippen molar-refractivity contribution in [1.29, 1.82) is 0 Å². The van der Waals surface area contributed by atoms with Crippen molar-refractivity contribution in [1.82, 2.24) is 14.8 Å². The molecule has 1 aliphatic rings. The zero-order valence-corrected chi connectivity index (χ0v) is 14.2. The molecule has 2 heterocycles. The Balaban J connectivity index is 2.49. The lowest BCUT2D eigenvalue weighted by molar-refractivity contribution is 0.0550. The van der Waals surface area contributed by atoms with Gasteiger partial charge < -0.3 is 9.30 Å². The summed E-state index contributed by atoms with van der Waals surface area (Å²) in [7, 11) is 0. The minimum absolute atomic E-state index is 0.0206. The van der Waals surface area contributed by atoms with Crippen LogP contribution in [-0.2, 0) is 15.6 Å². The Hall–Kier alpha value is -0.420. The molecule has 0 aromatic carbocycles. The van der Waals surface area contributed by atoms with Gasteiger partial charge in [0.1, 0.15) is 11.6 Å². The predicted octanol–water partition coefficient (Wildman–Crippen LogP) is 3.45. The molecule has 19 heavy (non-hydrogen) atoms. The van der Waals surface area contributed by atoms with E-state index in [1.807, 2.05) is 0 Å². The fraction of sp³-hybridized carbons (Fsp3) is 0.857.